The average Bonchev–Trinajstić information content (AvgIpc) is 2.49. The molecule has 0 saturated heterocycles. The minimum Gasteiger partial charge on any atom is -0.326 e. The first-order valence-corrected chi connectivity index (χ1v) is 7.33. The lowest BCUT2D eigenvalue weighted by molar-refractivity contribution is 1.02. The van der Waals surface area contributed by atoms with Gasteiger partial charge in [-0.05, 0) is 29.8 Å². The van der Waals surface area contributed by atoms with Crippen LogP contribution in [0.25, 0.3) is 10.9 Å². The molecule has 20 heavy (non-hydrogen) atoms. The van der Waals surface area contributed by atoms with Crippen molar-refractivity contribution in [2.24, 2.45) is 5.73 Å². The highest BCUT2D eigenvalue weighted by Crippen LogP contribution is 2.34. The van der Waals surface area contributed by atoms with E-state index >= 15 is 0 Å². The van der Waals surface area contributed by atoms with E-state index < -0.39 is 0 Å². The number of halogens is 1. The van der Waals surface area contributed by atoms with Crippen molar-refractivity contribution in [2.45, 2.75) is 16.5 Å². The van der Waals surface area contributed by atoms with Crippen molar-refractivity contribution in [1.82, 2.24) is 9.97 Å². The molecule has 0 aliphatic rings. The van der Waals surface area contributed by atoms with E-state index in [1.807, 2.05) is 42.5 Å². The number of hydrogen-bond donors (Lipinski definition) is 1. The minimum atomic E-state index is 0.450. The van der Waals surface area contributed by atoms with Crippen LogP contribution in [0.15, 0.2) is 58.7 Å². The fourth-order valence-electron chi connectivity index (χ4n) is 1.97. The number of nitrogens with zero attached hydrogens (tertiary/aromatic N) is 2. The molecule has 0 radical (unpaired) electrons. The van der Waals surface area contributed by atoms with Crippen LogP contribution >= 0.6 is 23.4 Å². The molecule has 1 aromatic heterocycles. The topological polar surface area (TPSA) is 51.8 Å². The second-order valence-corrected chi connectivity index (χ2v) is 5.72. The van der Waals surface area contributed by atoms with Gasteiger partial charge in [-0.2, -0.15) is 0 Å². The molecule has 3 rings (SSSR count). The van der Waals surface area contributed by atoms with Gasteiger partial charge in [-0.3, -0.25) is 0 Å². The quantitative estimate of drug-likeness (QED) is 0.746. The lowest BCUT2D eigenvalue weighted by Gasteiger charge is -2.09. The molecule has 100 valence electrons. The Bertz CT molecular complexity index is 756. The van der Waals surface area contributed by atoms with Gasteiger partial charge in [0.05, 0.1) is 5.52 Å². The van der Waals surface area contributed by atoms with E-state index in [0.29, 0.717) is 11.6 Å². The summed E-state index contributed by atoms with van der Waals surface area (Å²) in [5.74, 6) is 0. The maximum Gasteiger partial charge on any atom is 0.117 e. The van der Waals surface area contributed by atoms with Gasteiger partial charge in [0, 0.05) is 21.8 Å². The molecule has 0 bridgehead atoms. The van der Waals surface area contributed by atoms with Gasteiger partial charge in [-0.15, -0.1) is 0 Å². The molecular weight excluding hydrogens is 290 g/mol. The average molecular weight is 302 g/mol. The largest absolute Gasteiger partial charge is 0.326 e. The zero-order valence-electron chi connectivity index (χ0n) is 10.6. The SMILES string of the molecule is NCc1cc(Cl)ccc1Sc1ncnc2ccccc12. The Hall–Kier alpha value is -1.62. The summed E-state index contributed by atoms with van der Waals surface area (Å²) in [5, 5.41) is 2.66. The van der Waals surface area contributed by atoms with Crippen LogP contribution in [-0.2, 0) is 6.54 Å². The number of nitrogens with two attached hydrogens (primary N) is 1. The van der Waals surface area contributed by atoms with Crippen LogP contribution in [0.3, 0.4) is 0 Å². The van der Waals surface area contributed by atoms with E-state index in [1.54, 1.807) is 18.1 Å². The third kappa shape index (κ3) is 2.63. The summed E-state index contributed by atoms with van der Waals surface area (Å²) < 4.78 is 0. The van der Waals surface area contributed by atoms with Crippen molar-refractivity contribution in [1.29, 1.82) is 0 Å². The van der Waals surface area contributed by atoms with Gasteiger partial charge >= 0.3 is 0 Å². The van der Waals surface area contributed by atoms with Crippen LogP contribution in [0.2, 0.25) is 5.02 Å². The highest BCUT2D eigenvalue weighted by Gasteiger charge is 2.08. The molecule has 3 aromatic rings. The van der Waals surface area contributed by atoms with Crippen LogP contribution < -0.4 is 5.73 Å². The number of aromatic nitrogens is 2. The van der Waals surface area contributed by atoms with E-state index in [-0.39, 0.29) is 0 Å². The molecule has 0 unspecified atom stereocenters. The van der Waals surface area contributed by atoms with E-state index in [0.717, 1.165) is 26.4 Å². The van der Waals surface area contributed by atoms with Gasteiger partial charge in [0.1, 0.15) is 11.4 Å². The summed E-state index contributed by atoms with van der Waals surface area (Å²) in [6.45, 7) is 0.450. The van der Waals surface area contributed by atoms with Crippen LogP contribution in [0, 0.1) is 0 Å². The Morgan fingerprint density at radius 1 is 1.10 bits per heavy atom. The molecule has 5 heteroatoms. The van der Waals surface area contributed by atoms with Crippen molar-refractivity contribution >= 4 is 34.3 Å². The van der Waals surface area contributed by atoms with Crippen LogP contribution in [0.5, 0.6) is 0 Å². The Morgan fingerprint density at radius 2 is 1.95 bits per heavy atom. The zero-order valence-corrected chi connectivity index (χ0v) is 12.2. The van der Waals surface area contributed by atoms with Gasteiger partial charge in [0.2, 0.25) is 0 Å². The molecule has 0 saturated carbocycles. The highest BCUT2D eigenvalue weighted by atomic mass is 35.5. The maximum absolute atomic E-state index is 6.00. The predicted octanol–water partition coefficient (Wildman–Crippen LogP) is 3.89. The summed E-state index contributed by atoms with van der Waals surface area (Å²) in [6.07, 6.45) is 1.59. The monoisotopic (exact) mass is 301 g/mol. The van der Waals surface area contributed by atoms with Crippen molar-refractivity contribution in [2.75, 3.05) is 0 Å². The first-order chi connectivity index (χ1) is 9.78. The predicted molar refractivity (Wildman–Crippen MR) is 83.0 cm³/mol. The second kappa shape index (κ2) is 5.79. The second-order valence-electron chi connectivity index (χ2n) is 4.25. The van der Waals surface area contributed by atoms with Gasteiger partial charge in [-0.1, -0.05) is 41.6 Å². The molecule has 0 aliphatic heterocycles. The van der Waals surface area contributed by atoms with E-state index in [9.17, 15) is 0 Å². The van der Waals surface area contributed by atoms with Crippen LogP contribution in [-0.4, -0.2) is 9.97 Å². The third-order valence-corrected chi connectivity index (χ3v) is 4.33. The molecule has 0 amide bonds. The first kappa shape index (κ1) is 13.4. The fraction of sp³-hybridized carbons (Fsp3) is 0.0667. The Balaban J connectivity index is 2.05. The number of benzene rings is 2. The summed E-state index contributed by atoms with van der Waals surface area (Å²) in [7, 11) is 0. The van der Waals surface area contributed by atoms with Crippen LogP contribution in [0.4, 0.5) is 0 Å². The molecule has 3 nitrogen and oxygen atoms in total. The van der Waals surface area contributed by atoms with Gasteiger partial charge in [0.25, 0.3) is 0 Å². The first-order valence-electron chi connectivity index (χ1n) is 6.14. The lowest BCUT2D eigenvalue weighted by Crippen LogP contribution is -1.98. The Kier molecular flexibility index (Phi) is 3.87. The van der Waals surface area contributed by atoms with Crippen LogP contribution in [0.1, 0.15) is 5.56 Å². The summed E-state index contributed by atoms with van der Waals surface area (Å²) >= 11 is 7.59. The number of fused-ring (bicyclic) bond motifs is 1. The van der Waals surface area contributed by atoms with Crippen molar-refractivity contribution in [3.8, 4) is 0 Å². The minimum absolute atomic E-state index is 0.450. The van der Waals surface area contributed by atoms with Gasteiger partial charge in [-0.25, -0.2) is 9.97 Å². The number of para-hydroxylation sites is 1. The summed E-state index contributed by atoms with van der Waals surface area (Å²) in [6, 6.07) is 13.7. The number of rotatable bonds is 3. The lowest BCUT2D eigenvalue weighted by atomic mass is 10.2. The standard InChI is InChI=1S/C15H12ClN3S/c16-11-5-6-14(10(7-11)8-17)20-15-12-3-1-2-4-13(12)18-9-19-15/h1-7,9H,8,17H2. The van der Waals surface area contributed by atoms with Crippen molar-refractivity contribution in [3.05, 3.63) is 59.4 Å². The molecule has 2 N–H and O–H groups in total. The highest BCUT2D eigenvalue weighted by molar-refractivity contribution is 7.99. The van der Waals surface area contributed by atoms with E-state index in [1.165, 1.54) is 0 Å². The van der Waals surface area contributed by atoms with Crippen molar-refractivity contribution < 1.29 is 0 Å². The number of hydrogen-bond acceptors (Lipinski definition) is 4. The molecule has 0 spiro atoms. The Labute approximate surface area is 126 Å². The third-order valence-electron chi connectivity index (χ3n) is 2.96. The molecule has 0 atom stereocenters. The fourth-order valence-corrected chi connectivity index (χ4v) is 3.17. The molecule has 1 heterocycles. The molecule has 2 aromatic carbocycles. The molecule has 0 aliphatic carbocycles. The van der Waals surface area contributed by atoms with Gasteiger partial charge < -0.3 is 5.73 Å². The van der Waals surface area contributed by atoms with E-state index in [4.69, 9.17) is 17.3 Å². The maximum atomic E-state index is 6.00. The summed E-state index contributed by atoms with van der Waals surface area (Å²) in [5.41, 5.74) is 7.74. The summed E-state index contributed by atoms with van der Waals surface area (Å²) in [4.78, 5) is 9.72. The smallest absolute Gasteiger partial charge is 0.117 e. The van der Waals surface area contributed by atoms with E-state index in [2.05, 4.69) is 9.97 Å². The molecular formula is C15H12ClN3S. The molecule has 0 fully saturated rings. The Morgan fingerprint density at radius 3 is 2.80 bits per heavy atom. The van der Waals surface area contributed by atoms with Gasteiger partial charge in [0.15, 0.2) is 0 Å². The zero-order chi connectivity index (χ0) is 13.9. The normalized spacial score (nSPS) is 10.9. The van der Waals surface area contributed by atoms with Crippen molar-refractivity contribution in [3.63, 3.8) is 0 Å².